The van der Waals surface area contributed by atoms with Gasteiger partial charge in [-0.15, -0.1) is 0 Å². The zero-order valence-corrected chi connectivity index (χ0v) is 21.5. The van der Waals surface area contributed by atoms with Crippen molar-refractivity contribution in [3.63, 3.8) is 0 Å². The van der Waals surface area contributed by atoms with Crippen LogP contribution in [0.25, 0.3) is 0 Å². The van der Waals surface area contributed by atoms with Gasteiger partial charge in [0, 0.05) is 12.1 Å². The number of carbonyl (C=O) groups is 3. The Balaban J connectivity index is 1.75. The number of esters is 1. The van der Waals surface area contributed by atoms with E-state index in [2.05, 4.69) is 17.6 Å². The van der Waals surface area contributed by atoms with Crippen LogP contribution in [-0.4, -0.2) is 24.4 Å². The number of unbranched alkanes of at least 4 members (excludes halogenated alkanes) is 8. The van der Waals surface area contributed by atoms with Gasteiger partial charge in [0.25, 0.3) is 5.91 Å². The first kappa shape index (κ1) is 28.1. The summed E-state index contributed by atoms with van der Waals surface area (Å²) in [5.41, 5.74) is 3.34. The highest BCUT2D eigenvalue weighted by Gasteiger charge is 2.16. The molecule has 0 aliphatic heterocycles. The fraction of sp³-hybridized carbons (Fsp3) is 0.483. The molecule has 6 heteroatoms. The summed E-state index contributed by atoms with van der Waals surface area (Å²) in [4.78, 5) is 37.2. The summed E-state index contributed by atoms with van der Waals surface area (Å²) in [6, 6.07) is 12.4. The second kappa shape index (κ2) is 15.7. The molecule has 0 radical (unpaired) electrons. The van der Waals surface area contributed by atoms with Crippen LogP contribution in [0.15, 0.2) is 42.5 Å². The van der Waals surface area contributed by atoms with E-state index in [-0.39, 0.29) is 11.5 Å². The molecule has 0 fully saturated rings. The Kier molecular flexibility index (Phi) is 12.6. The molecule has 0 aromatic heterocycles. The summed E-state index contributed by atoms with van der Waals surface area (Å²) >= 11 is 0. The standard InChI is InChI=1S/C29H40N2O4/c1-4-5-6-7-8-9-10-11-12-17-27(32)31-26-16-14-13-15-24(26)29(34)35-21-28(33)30-25-19-18-22(2)20-23(25)3/h13-16,18-20H,4-12,17,21H2,1-3H3,(H,30,33)(H,31,32). The normalized spacial score (nSPS) is 10.6. The number of rotatable bonds is 15. The molecule has 0 spiro atoms. The molecule has 0 aliphatic rings. The minimum Gasteiger partial charge on any atom is -0.452 e. The van der Waals surface area contributed by atoms with Gasteiger partial charge in [-0.25, -0.2) is 4.79 Å². The Hall–Kier alpha value is -3.15. The van der Waals surface area contributed by atoms with E-state index in [1.807, 2.05) is 32.0 Å². The van der Waals surface area contributed by atoms with Crippen LogP contribution >= 0.6 is 0 Å². The summed E-state index contributed by atoms with van der Waals surface area (Å²) in [5.74, 6) is -1.20. The number of carbonyl (C=O) groups excluding carboxylic acids is 3. The van der Waals surface area contributed by atoms with Crippen LogP contribution in [0.5, 0.6) is 0 Å². The van der Waals surface area contributed by atoms with E-state index in [1.54, 1.807) is 24.3 Å². The van der Waals surface area contributed by atoms with Crippen molar-refractivity contribution in [1.82, 2.24) is 0 Å². The van der Waals surface area contributed by atoms with Crippen molar-refractivity contribution in [2.45, 2.75) is 85.0 Å². The summed E-state index contributed by atoms with van der Waals surface area (Å²) in [6.45, 7) is 5.70. The Morgan fingerprint density at radius 2 is 1.37 bits per heavy atom. The van der Waals surface area contributed by atoms with E-state index in [4.69, 9.17) is 4.74 Å². The minimum atomic E-state index is -0.653. The van der Waals surface area contributed by atoms with Gasteiger partial charge in [0.1, 0.15) is 0 Å². The summed E-state index contributed by atoms with van der Waals surface area (Å²) in [5, 5.41) is 5.57. The van der Waals surface area contributed by atoms with Crippen molar-refractivity contribution in [1.29, 1.82) is 0 Å². The van der Waals surface area contributed by atoms with Gasteiger partial charge < -0.3 is 15.4 Å². The number of benzene rings is 2. The molecular weight excluding hydrogens is 440 g/mol. The molecule has 6 nitrogen and oxygen atoms in total. The Morgan fingerprint density at radius 1 is 0.743 bits per heavy atom. The van der Waals surface area contributed by atoms with Crippen molar-refractivity contribution in [3.8, 4) is 0 Å². The van der Waals surface area contributed by atoms with Gasteiger partial charge in [0.05, 0.1) is 11.3 Å². The Bertz CT molecular complexity index is 971. The summed E-state index contributed by atoms with van der Waals surface area (Å²) < 4.78 is 5.21. The van der Waals surface area contributed by atoms with Crippen molar-refractivity contribution in [2.75, 3.05) is 17.2 Å². The summed E-state index contributed by atoms with van der Waals surface area (Å²) in [7, 11) is 0. The monoisotopic (exact) mass is 480 g/mol. The lowest BCUT2D eigenvalue weighted by Crippen LogP contribution is -2.22. The molecule has 0 aliphatic carbocycles. The number of hydrogen-bond donors (Lipinski definition) is 2. The molecule has 2 rings (SSSR count). The molecule has 2 aromatic rings. The lowest BCUT2D eigenvalue weighted by Gasteiger charge is -2.12. The maximum atomic E-state index is 12.6. The smallest absolute Gasteiger partial charge is 0.340 e. The van der Waals surface area contributed by atoms with Crippen LogP contribution in [0.3, 0.4) is 0 Å². The van der Waals surface area contributed by atoms with E-state index < -0.39 is 18.5 Å². The number of ether oxygens (including phenoxy) is 1. The molecule has 0 unspecified atom stereocenters. The number of hydrogen-bond acceptors (Lipinski definition) is 4. The first-order chi connectivity index (χ1) is 16.9. The van der Waals surface area contributed by atoms with Gasteiger partial charge in [-0.2, -0.15) is 0 Å². The predicted molar refractivity (Wildman–Crippen MR) is 142 cm³/mol. The first-order valence-corrected chi connectivity index (χ1v) is 12.8. The molecule has 2 N–H and O–H groups in total. The molecule has 2 amide bonds. The van der Waals surface area contributed by atoms with Gasteiger partial charge in [0.2, 0.25) is 5.91 Å². The highest BCUT2D eigenvalue weighted by molar-refractivity contribution is 6.02. The lowest BCUT2D eigenvalue weighted by molar-refractivity contribution is -0.119. The molecule has 0 atom stereocenters. The quantitative estimate of drug-likeness (QED) is 0.213. The maximum Gasteiger partial charge on any atom is 0.340 e. The van der Waals surface area contributed by atoms with E-state index in [0.29, 0.717) is 17.8 Å². The molecular formula is C29H40N2O4. The topological polar surface area (TPSA) is 84.5 Å². The molecule has 35 heavy (non-hydrogen) atoms. The number of nitrogens with one attached hydrogen (secondary N) is 2. The lowest BCUT2D eigenvalue weighted by atomic mass is 10.1. The minimum absolute atomic E-state index is 0.124. The third kappa shape index (κ3) is 10.8. The summed E-state index contributed by atoms with van der Waals surface area (Å²) in [6.07, 6.45) is 11.1. The Morgan fingerprint density at radius 3 is 2.06 bits per heavy atom. The second-order valence-corrected chi connectivity index (χ2v) is 9.11. The van der Waals surface area contributed by atoms with E-state index in [0.717, 1.165) is 30.4 Å². The van der Waals surface area contributed by atoms with Crippen molar-refractivity contribution >= 4 is 29.2 Å². The fourth-order valence-corrected chi connectivity index (χ4v) is 3.93. The van der Waals surface area contributed by atoms with Gasteiger partial charge in [-0.1, -0.05) is 88.1 Å². The average Bonchev–Trinajstić information content (AvgIpc) is 2.83. The van der Waals surface area contributed by atoms with Gasteiger partial charge in [-0.05, 0) is 44.0 Å². The third-order valence-corrected chi connectivity index (χ3v) is 5.92. The predicted octanol–water partition coefficient (Wildman–Crippen LogP) is 6.96. The average molecular weight is 481 g/mol. The van der Waals surface area contributed by atoms with Crippen LogP contribution in [0.2, 0.25) is 0 Å². The zero-order valence-electron chi connectivity index (χ0n) is 21.5. The highest BCUT2D eigenvalue weighted by atomic mass is 16.5. The first-order valence-electron chi connectivity index (χ1n) is 12.8. The van der Waals surface area contributed by atoms with Gasteiger partial charge in [-0.3, -0.25) is 9.59 Å². The largest absolute Gasteiger partial charge is 0.452 e. The molecule has 2 aromatic carbocycles. The Labute approximate surface area is 209 Å². The van der Waals surface area contributed by atoms with Gasteiger partial charge >= 0.3 is 5.97 Å². The molecule has 0 heterocycles. The number of aryl methyl sites for hydroxylation is 2. The van der Waals surface area contributed by atoms with Crippen LogP contribution in [0.4, 0.5) is 11.4 Å². The van der Waals surface area contributed by atoms with E-state index in [1.165, 1.54) is 38.5 Å². The number of para-hydroxylation sites is 1. The van der Waals surface area contributed by atoms with Crippen molar-refractivity contribution in [3.05, 3.63) is 59.2 Å². The SMILES string of the molecule is CCCCCCCCCCCC(=O)Nc1ccccc1C(=O)OCC(=O)Nc1ccc(C)cc1C. The third-order valence-electron chi connectivity index (χ3n) is 5.92. The van der Waals surface area contributed by atoms with Crippen molar-refractivity contribution < 1.29 is 19.1 Å². The zero-order chi connectivity index (χ0) is 25.5. The maximum absolute atomic E-state index is 12.6. The molecule has 0 bridgehead atoms. The second-order valence-electron chi connectivity index (χ2n) is 9.11. The highest BCUT2D eigenvalue weighted by Crippen LogP contribution is 2.19. The number of anilines is 2. The van der Waals surface area contributed by atoms with Crippen molar-refractivity contribution in [2.24, 2.45) is 0 Å². The van der Waals surface area contributed by atoms with Crippen LogP contribution in [0, 0.1) is 13.8 Å². The van der Waals surface area contributed by atoms with E-state index >= 15 is 0 Å². The number of amides is 2. The van der Waals surface area contributed by atoms with Crippen LogP contribution < -0.4 is 10.6 Å². The van der Waals surface area contributed by atoms with Gasteiger partial charge in [0.15, 0.2) is 6.61 Å². The van der Waals surface area contributed by atoms with Crippen LogP contribution in [-0.2, 0) is 14.3 Å². The molecule has 190 valence electrons. The molecule has 0 saturated heterocycles. The van der Waals surface area contributed by atoms with Crippen LogP contribution in [0.1, 0.15) is 92.6 Å². The van der Waals surface area contributed by atoms with E-state index in [9.17, 15) is 14.4 Å². The molecule has 0 saturated carbocycles. The fourth-order valence-electron chi connectivity index (χ4n) is 3.93.